The Bertz CT molecular complexity index is 1610. The molecule has 0 spiro atoms. The van der Waals surface area contributed by atoms with Gasteiger partial charge in [0.05, 0.1) is 44.3 Å². The molecule has 224 valence electrons. The summed E-state index contributed by atoms with van der Waals surface area (Å²) in [7, 11) is 4.47. The highest BCUT2D eigenvalue weighted by Gasteiger charge is 2.17. The van der Waals surface area contributed by atoms with Crippen LogP contribution in [0.25, 0.3) is 11.4 Å². The van der Waals surface area contributed by atoms with Crippen molar-refractivity contribution in [3.63, 3.8) is 0 Å². The quantitative estimate of drug-likeness (QED) is 0.162. The van der Waals surface area contributed by atoms with Crippen molar-refractivity contribution in [2.45, 2.75) is 6.42 Å². The van der Waals surface area contributed by atoms with E-state index in [9.17, 15) is 14.0 Å². The minimum atomic E-state index is -0.544. The van der Waals surface area contributed by atoms with Gasteiger partial charge in [0.1, 0.15) is 5.82 Å². The Kier molecular flexibility index (Phi) is 10.5. The molecule has 0 saturated heterocycles. The number of rotatable bonds is 12. The molecule has 14 heteroatoms. The zero-order valence-electron chi connectivity index (χ0n) is 23.5. The predicted molar refractivity (Wildman–Crippen MR) is 160 cm³/mol. The van der Waals surface area contributed by atoms with Crippen LogP contribution in [-0.4, -0.2) is 61.3 Å². The SMILES string of the molecule is COc1ccc(NC(=O)NCCCNC(=O)c2cnccc2Nc2nc(-c3cc(Cl)ccc3F)ncc2OC)cc1OC. The van der Waals surface area contributed by atoms with Crippen LogP contribution < -0.4 is 35.5 Å². The maximum Gasteiger partial charge on any atom is 0.319 e. The second kappa shape index (κ2) is 14.6. The second-order valence-corrected chi connectivity index (χ2v) is 9.28. The summed E-state index contributed by atoms with van der Waals surface area (Å²) in [6, 6.07) is 10.3. The fourth-order valence-corrected chi connectivity index (χ4v) is 4.07. The number of ether oxygens (including phenoxy) is 3. The summed E-state index contributed by atoms with van der Waals surface area (Å²) >= 11 is 6.03. The second-order valence-electron chi connectivity index (χ2n) is 8.84. The minimum Gasteiger partial charge on any atom is -0.493 e. The van der Waals surface area contributed by atoms with Gasteiger partial charge in [0.25, 0.3) is 5.91 Å². The Morgan fingerprint density at radius 2 is 1.67 bits per heavy atom. The van der Waals surface area contributed by atoms with E-state index in [2.05, 4.69) is 36.2 Å². The predicted octanol–water partition coefficient (Wildman–Crippen LogP) is 5.04. The molecule has 0 bridgehead atoms. The number of carbonyl (C=O) groups is 2. The first-order valence-electron chi connectivity index (χ1n) is 13.0. The van der Waals surface area contributed by atoms with E-state index in [4.69, 9.17) is 25.8 Å². The zero-order chi connectivity index (χ0) is 30.8. The van der Waals surface area contributed by atoms with Gasteiger partial charge < -0.3 is 35.5 Å². The number of nitrogens with zero attached hydrogens (tertiary/aromatic N) is 3. The number of benzene rings is 2. The smallest absolute Gasteiger partial charge is 0.319 e. The van der Waals surface area contributed by atoms with Crippen LogP contribution in [0.4, 0.5) is 26.4 Å². The minimum absolute atomic E-state index is 0.0750. The van der Waals surface area contributed by atoms with Gasteiger partial charge in [0.2, 0.25) is 0 Å². The van der Waals surface area contributed by atoms with Crippen molar-refractivity contribution in [1.82, 2.24) is 25.6 Å². The molecule has 0 unspecified atom stereocenters. The van der Waals surface area contributed by atoms with Gasteiger partial charge >= 0.3 is 6.03 Å². The third-order valence-electron chi connectivity index (χ3n) is 6.03. The summed E-state index contributed by atoms with van der Waals surface area (Å²) in [4.78, 5) is 37.9. The number of methoxy groups -OCH3 is 3. The standard InChI is InChI=1S/C29H29ClFN7O5/c1-41-23-8-6-18(14-24(23)42-2)36-29(40)34-11-4-10-33-28(39)20-15-32-12-9-22(20)37-27-25(43-3)16-35-26(38-27)19-13-17(30)5-7-21(19)31/h5-9,12-16H,4,10-11H2,1-3H3,(H,33,39)(H2,34,36,40)(H,32,35,37,38). The van der Waals surface area contributed by atoms with Crippen molar-refractivity contribution in [2.75, 3.05) is 45.1 Å². The molecular formula is C29H29ClFN7O5. The van der Waals surface area contributed by atoms with Gasteiger partial charge in [0.15, 0.2) is 28.9 Å². The summed E-state index contributed by atoms with van der Waals surface area (Å²) in [5.41, 5.74) is 1.26. The Hall–Kier alpha value is -5.17. The van der Waals surface area contributed by atoms with Crippen LogP contribution in [0.15, 0.2) is 61.1 Å². The van der Waals surface area contributed by atoms with Crippen LogP contribution in [0.1, 0.15) is 16.8 Å². The maximum absolute atomic E-state index is 14.4. The zero-order valence-corrected chi connectivity index (χ0v) is 24.3. The van der Waals surface area contributed by atoms with Gasteiger partial charge in [-0.15, -0.1) is 0 Å². The van der Waals surface area contributed by atoms with Crippen LogP contribution in [0.2, 0.25) is 5.02 Å². The molecule has 2 aromatic carbocycles. The number of halogens is 2. The Morgan fingerprint density at radius 1 is 0.907 bits per heavy atom. The fourth-order valence-electron chi connectivity index (χ4n) is 3.90. The molecule has 0 aliphatic carbocycles. The van der Waals surface area contributed by atoms with E-state index in [1.54, 1.807) is 24.3 Å². The number of anilines is 3. The molecule has 12 nitrogen and oxygen atoms in total. The molecule has 4 aromatic rings. The molecule has 0 saturated carbocycles. The molecule has 2 heterocycles. The van der Waals surface area contributed by atoms with Crippen LogP contribution >= 0.6 is 11.6 Å². The van der Waals surface area contributed by atoms with Crippen molar-refractivity contribution in [3.8, 4) is 28.6 Å². The lowest BCUT2D eigenvalue weighted by Crippen LogP contribution is -2.32. The highest BCUT2D eigenvalue weighted by atomic mass is 35.5. The third kappa shape index (κ3) is 7.98. The molecule has 0 radical (unpaired) electrons. The Balaban J connectivity index is 1.34. The van der Waals surface area contributed by atoms with Crippen LogP contribution in [0, 0.1) is 5.82 Å². The highest BCUT2D eigenvalue weighted by Crippen LogP contribution is 2.31. The third-order valence-corrected chi connectivity index (χ3v) is 6.26. The molecule has 0 aliphatic rings. The molecule has 0 aliphatic heterocycles. The highest BCUT2D eigenvalue weighted by molar-refractivity contribution is 6.30. The number of amides is 3. The number of hydrogen-bond donors (Lipinski definition) is 4. The van der Waals surface area contributed by atoms with Crippen molar-refractivity contribution in [3.05, 3.63) is 77.5 Å². The fraction of sp³-hybridized carbons (Fsp3) is 0.207. The largest absolute Gasteiger partial charge is 0.493 e. The average molecular weight is 610 g/mol. The van der Waals surface area contributed by atoms with Crippen molar-refractivity contribution in [2.24, 2.45) is 0 Å². The molecule has 3 amide bonds. The Labute approximate surface area is 252 Å². The van der Waals surface area contributed by atoms with E-state index in [1.807, 2.05) is 0 Å². The molecule has 4 rings (SSSR count). The number of pyridine rings is 1. The first kappa shape index (κ1) is 30.8. The summed E-state index contributed by atoms with van der Waals surface area (Å²) in [6.07, 6.45) is 4.76. The normalized spacial score (nSPS) is 10.4. The summed E-state index contributed by atoms with van der Waals surface area (Å²) in [6.45, 7) is 0.581. The van der Waals surface area contributed by atoms with Crippen molar-refractivity contribution < 1.29 is 28.2 Å². The number of nitrogens with one attached hydrogen (secondary N) is 4. The van der Waals surface area contributed by atoms with Crippen LogP contribution in [0.5, 0.6) is 17.2 Å². The molecular weight excluding hydrogens is 581 g/mol. The summed E-state index contributed by atoms with van der Waals surface area (Å²) < 4.78 is 30.2. The topological polar surface area (TPSA) is 149 Å². The van der Waals surface area contributed by atoms with E-state index >= 15 is 0 Å². The number of urea groups is 1. The van der Waals surface area contributed by atoms with Gasteiger partial charge in [-0.25, -0.2) is 19.2 Å². The average Bonchev–Trinajstić information content (AvgIpc) is 3.02. The molecule has 0 fully saturated rings. The number of carbonyl (C=O) groups excluding carboxylic acids is 2. The van der Waals surface area contributed by atoms with Gasteiger partial charge in [0, 0.05) is 42.3 Å². The van der Waals surface area contributed by atoms with Gasteiger partial charge in [-0.3, -0.25) is 9.78 Å². The first-order valence-corrected chi connectivity index (χ1v) is 13.3. The molecule has 2 aromatic heterocycles. The summed E-state index contributed by atoms with van der Waals surface area (Å²) in [5, 5.41) is 11.6. The lowest BCUT2D eigenvalue weighted by atomic mass is 10.2. The van der Waals surface area contributed by atoms with Gasteiger partial charge in [-0.2, -0.15) is 0 Å². The first-order chi connectivity index (χ1) is 20.8. The summed E-state index contributed by atoms with van der Waals surface area (Å²) in [5.74, 6) is 0.637. The van der Waals surface area contributed by atoms with Crippen molar-refractivity contribution >= 4 is 40.7 Å². The van der Waals surface area contributed by atoms with E-state index < -0.39 is 17.8 Å². The van der Waals surface area contributed by atoms with E-state index in [0.29, 0.717) is 40.9 Å². The monoisotopic (exact) mass is 609 g/mol. The molecule has 0 atom stereocenters. The number of hydrogen-bond acceptors (Lipinski definition) is 9. The van der Waals surface area contributed by atoms with Gasteiger partial charge in [-0.05, 0) is 42.8 Å². The van der Waals surface area contributed by atoms with Gasteiger partial charge in [-0.1, -0.05) is 11.6 Å². The Morgan fingerprint density at radius 3 is 2.44 bits per heavy atom. The van der Waals surface area contributed by atoms with Crippen LogP contribution in [0.3, 0.4) is 0 Å². The molecule has 4 N–H and O–H groups in total. The molecule has 43 heavy (non-hydrogen) atoms. The van der Waals surface area contributed by atoms with E-state index in [0.717, 1.165) is 0 Å². The van der Waals surface area contributed by atoms with E-state index in [1.165, 1.54) is 58.1 Å². The van der Waals surface area contributed by atoms with Crippen molar-refractivity contribution in [1.29, 1.82) is 0 Å². The maximum atomic E-state index is 14.4. The number of aromatic nitrogens is 3. The van der Waals surface area contributed by atoms with E-state index in [-0.39, 0.29) is 35.1 Å². The lowest BCUT2D eigenvalue weighted by Gasteiger charge is -2.14. The lowest BCUT2D eigenvalue weighted by molar-refractivity contribution is 0.0954. The van der Waals surface area contributed by atoms with Crippen LogP contribution in [-0.2, 0) is 0 Å².